The summed E-state index contributed by atoms with van der Waals surface area (Å²) in [4.78, 5) is 17.6. The van der Waals surface area contributed by atoms with Crippen molar-refractivity contribution >= 4 is 5.91 Å². The third kappa shape index (κ3) is 4.17. The van der Waals surface area contributed by atoms with E-state index in [0.717, 1.165) is 0 Å². The summed E-state index contributed by atoms with van der Waals surface area (Å²) < 4.78 is 0. The van der Waals surface area contributed by atoms with Crippen molar-refractivity contribution in [2.75, 3.05) is 0 Å². The maximum absolute atomic E-state index is 10.3. The fraction of sp³-hybridized carbons (Fsp3) is 0.375. The number of hydrogen-bond donors (Lipinski definition) is 2. The van der Waals surface area contributed by atoms with Gasteiger partial charge in [-0.25, -0.2) is 4.98 Å². The molecule has 1 fully saturated rings. The van der Waals surface area contributed by atoms with Crippen molar-refractivity contribution in [2.45, 2.75) is 18.9 Å². The van der Waals surface area contributed by atoms with Gasteiger partial charge in [-0.15, -0.1) is 0 Å². The minimum absolute atomic E-state index is 0.192. The minimum atomic E-state index is -0.553. The number of carbonyl (C=O) groups is 1. The summed E-state index contributed by atoms with van der Waals surface area (Å²) in [7, 11) is 0. The molecule has 1 saturated carbocycles. The molecule has 0 radical (unpaired) electrons. The molecule has 1 aromatic rings. The maximum atomic E-state index is 10.3. The summed E-state index contributed by atoms with van der Waals surface area (Å²) in [5.41, 5.74) is 10.3. The SMILES string of the molecule is NC(=O)c1cnccn1.NC1CC1. The molecule has 13 heavy (non-hydrogen) atoms. The molecular formula is C8H12N4O. The smallest absolute Gasteiger partial charge is 0.268 e. The van der Waals surface area contributed by atoms with Gasteiger partial charge in [0.2, 0.25) is 0 Å². The highest BCUT2D eigenvalue weighted by Crippen LogP contribution is 2.13. The van der Waals surface area contributed by atoms with E-state index < -0.39 is 5.91 Å². The van der Waals surface area contributed by atoms with Crippen LogP contribution in [0.5, 0.6) is 0 Å². The van der Waals surface area contributed by atoms with Crippen molar-refractivity contribution in [3.8, 4) is 0 Å². The van der Waals surface area contributed by atoms with Crippen LogP contribution in [0.3, 0.4) is 0 Å². The Bertz CT molecular complexity index is 271. The van der Waals surface area contributed by atoms with E-state index in [2.05, 4.69) is 9.97 Å². The monoisotopic (exact) mass is 180 g/mol. The molecule has 1 aliphatic rings. The number of amides is 1. The van der Waals surface area contributed by atoms with E-state index >= 15 is 0 Å². The molecule has 0 unspecified atom stereocenters. The van der Waals surface area contributed by atoms with Gasteiger partial charge in [-0.2, -0.15) is 0 Å². The molecule has 0 spiro atoms. The van der Waals surface area contributed by atoms with Gasteiger partial charge in [-0.05, 0) is 12.8 Å². The lowest BCUT2D eigenvalue weighted by atomic mass is 10.4. The predicted molar refractivity (Wildman–Crippen MR) is 47.8 cm³/mol. The molecule has 0 saturated heterocycles. The Labute approximate surface area is 76.2 Å². The van der Waals surface area contributed by atoms with Crippen molar-refractivity contribution < 1.29 is 4.79 Å². The van der Waals surface area contributed by atoms with E-state index in [1.807, 2.05) is 0 Å². The third-order valence-corrected chi connectivity index (χ3v) is 1.44. The summed E-state index contributed by atoms with van der Waals surface area (Å²) >= 11 is 0. The van der Waals surface area contributed by atoms with Crippen LogP contribution in [0, 0.1) is 0 Å². The zero-order chi connectivity index (χ0) is 9.68. The first-order valence-corrected chi connectivity index (χ1v) is 4.01. The van der Waals surface area contributed by atoms with Gasteiger partial charge in [0.25, 0.3) is 5.91 Å². The second-order valence-corrected chi connectivity index (χ2v) is 2.79. The molecule has 5 heteroatoms. The lowest BCUT2D eigenvalue weighted by Gasteiger charge is -1.87. The van der Waals surface area contributed by atoms with E-state index in [-0.39, 0.29) is 5.69 Å². The Hall–Kier alpha value is -1.49. The predicted octanol–water partition coefficient (Wildman–Crippen LogP) is -0.317. The molecule has 1 amide bonds. The van der Waals surface area contributed by atoms with Gasteiger partial charge in [0.1, 0.15) is 5.69 Å². The molecule has 2 rings (SSSR count). The van der Waals surface area contributed by atoms with Gasteiger partial charge in [-0.3, -0.25) is 9.78 Å². The second-order valence-electron chi connectivity index (χ2n) is 2.79. The quantitative estimate of drug-likeness (QED) is 0.619. The van der Waals surface area contributed by atoms with Crippen LogP contribution < -0.4 is 11.5 Å². The van der Waals surface area contributed by atoms with Crippen LogP contribution in [0.2, 0.25) is 0 Å². The Balaban J connectivity index is 0.000000175. The second kappa shape index (κ2) is 4.51. The first kappa shape index (κ1) is 9.60. The molecule has 5 nitrogen and oxygen atoms in total. The standard InChI is InChI=1S/C5H5N3O.C3H7N/c6-5(9)4-3-7-1-2-8-4;4-3-1-2-3/h1-3H,(H2,6,9);3H,1-2,4H2. The van der Waals surface area contributed by atoms with E-state index in [0.29, 0.717) is 6.04 Å². The van der Waals surface area contributed by atoms with Crippen LogP contribution in [0.1, 0.15) is 23.3 Å². The summed E-state index contributed by atoms with van der Waals surface area (Å²) in [6, 6.07) is 0.583. The van der Waals surface area contributed by atoms with Gasteiger partial charge >= 0.3 is 0 Å². The average Bonchev–Trinajstić information content (AvgIpc) is 2.90. The van der Waals surface area contributed by atoms with E-state index in [9.17, 15) is 4.79 Å². The molecular weight excluding hydrogens is 168 g/mol. The topological polar surface area (TPSA) is 94.9 Å². The number of nitrogens with zero attached hydrogens (tertiary/aromatic N) is 2. The maximum Gasteiger partial charge on any atom is 0.268 e. The van der Waals surface area contributed by atoms with Crippen LogP contribution in [0.4, 0.5) is 0 Å². The summed E-state index contributed by atoms with van der Waals surface area (Å²) in [6.45, 7) is 0. The van der Waals surface area contributed by atoms with Crippen LogP contribution in [-0.4, -0.2) is 21.9 Å². The lowest BCUT2D eigenvalue weighted by Crippen LogP contribution is -2.12. The fourth-order valence-electron chi connectivity index (χ4n) is 0.523. The summed E-state index contributed by atoms with van der Waals surface area (Å²) in [6.07, 6.45) is 6.74. The molecule has 4 N–H and O–H groups in total. The Morgan fingerprint density at radius 1 is 1.46 bits per heavy atom. The first-order chi connectivity index (χ1) is 6.20. The molecule has 0 bridgehead atoms. The zero-order valence-electron chi connectivity index (χ0n) is 7.18. The molecule has 1 aliphatic carbocycles. The van der Waals surface area contributed by atoms with Crippen molar-refractivity contribution in [1.82, 2.24) is 9.97 Å². The van der Waals surface area contributed by atoms with Crippen molar-refractivity contribution in [2.24, 2.45) is 11.5 Å². The van der Waals surface area contributed by atoms with Crippen LogP contribution in [-0.2, 0) is 0 Å². The molecule has 0 atom stereocenters. The fourth-order valence-corrected chi connectivity index (χ4v) is 0.523. The van der Waals surface area contributed by atoms with Gasteiger partial charge in [0.05, 0.1) is 6.20 Å². The van der Waals surface area contributed by atoms with Crippen molar-refractivity contribution in [3.63, 3.8) is 0 Å². The molecule has 0 aliphatic heterocycles. The number of nitrogens with two attached hydrogens (primary N) is 2. The highest BCUT2D eigenvalue weighted by Gasteiger charge is 2.13. The minimum Gasteiger partial charge on any atom is -0.364 e. The number of aromatic nitrogens is 2. The van der Waals surface area contributed by atoms with Crippen LogP contribution in [0.15, 0.2) is 18.6 Å². The van der Waals surface area contributed by atoms with E-state index in [4.69, 9.17) is 11.5 Å². The molecule has 0 aromatic carbocycles. The van der Waals surface area contributed by atoms with Crippen LogP contribution in [0.25, 0.3) is 0 Å². The number of carbonyl (C=O) groups excluding carboxylic acids is 1. The highest BCUT2D eigenvalue weighted by molar-refractivity contribution is 5.90. The number of hydrogen-bond acceptors (Lipinski definition) is 4. The van der Waals surface area contributed by atoms with Gasteiger partial charge in [0.15, 0.2) is 0 Å². The highest BCUT2D eigenvalue weighted by atomic mass is 16.1. The Morgan fingerprint density at radius 3 is 2.31 bits per heavy atom. The third-order valence-electron chi connectivity index (χ3n) is 1.44. The summed E-state index contributed by atoms with van der Waals surface area (Å²) in [5, 5.41) is 0. The first-order valence-electron chi connectivity index (χ1n) is 4.01. The van der Waals surface area contributed by atoms with E-state index in [1.165, 1.54) is 31.4 Å². The number of primary amides is 1. The van der Waals surface area contributed by atoms with Gasteiger partial charge < -0.3 is 11.5 Å². The Morgan fingerprint density at radius 2 is 2.08 bits per heavy atom. The van der Waals surface area contributed by atoms with Gasteiger partial charge in [-0.1, -0.05) is 0 Å². The van der Waals surface area contributed by atoms with Crippen LogP contribution >= 0.6 is 0 Å². The van der Waals surface area contributed by atoms with E-state index in [1.54, 1.807) is 0 Å². The normalized spacial score (nSPS) is 14.2. The summed E-state index contributed by atoms with van der Waals surface area (Å²) in [5.74, 6) is -0.553. The molecule has 1 aromatic heterocycles. The molecule has 1 heterocycles. The Kier molecular flexibility index (Phi) is 3.33. The number of rotatable bonds is 1. The van der Waals surface area contributed by atoms with Crippen molar-refractivity contribution in [3.05, 3.63) is 24.3 Å². The van der Waals surface area contributed by atoms with Crippen molar-refractivity contribution in [1.29, 1.82) is 0 Å². The zero-order valence-corrected chi connectivity index (χ0v) is 7.18. The molecule has 70 valence electrons. The van der Waals surface area contributed by atoms with Gasteiger partial charge in [0, 0.05) is 18.4 Å². The average molecular weight is 180 g/mol. The largest absolute Gasteiger partial charge is 0.364 e. The lowest BCUT2D eigenvalue weighted by molar-refractivity contribution is 0.0995.